The van der Waals surface area contributed by atoms with Crippen LogP contribution in [0.3, 0.4) is 0 Å². The molecule has 1 aromatic heterocycles. The zero-order valence-corrected chi connectivity index (χ0v) is 10.9. The lowest BCUT2D eigenvalue weighted by Crippen LogP contribution is -2.17. The molecule has 1 heterocycles. The fraction of sp³-hybridized carbons (Fsp3) is 0.286. The Morgan fingerprint density at radius 1 is 1.44 bits per heavy atom. The molecule has 0 saturated carbocycles. The van der Waals surface area contributed by atoms with Crippen molar-refractivity contribution in [3.8, 4) is 6.07 Å². The van der Waals surface area contributed by atoms with E-state index in [0.717, 1.165) is 23.4 Å². The summed E-state index contributed by atoms with van der Waals surface area (Å²) >= 11 is 0. The van der Waals surface area contributed by atoms with E-state index in [2.05, 4.69) is 16.1 Å². The third-order valence-corrected chi connectivity index (χ3v) is 2.86. The van der Waals surface area contributed by atoms with Gasteiger partial charge in [-0.1, -0.05) is 6.07 Å². The van der Waals surface area contributed by atoms with Crippen molar-refractivity contribution in [2.24, 2.45) is 7.05 Å². The minimum Gasteiger partial charge on any atom is -0.369 e. The third-order valence-electron chi connectivity index (χ3n) is 2.86. The van der Waals surface area contributed by atoms with Crippen molar-refractivity contribution in [1.82, 2.24) is 9.78 Å². The van der Waals surface area contributed by atoms with E-state index in [0.29, 0.717) is 5.56 Å². The molecule has 4 nitrogen and oxygen atoms in total. The highest BCUT2D eigenvalue weighted by Crippen LogP contribution is 2.22. The summed E-state index contributed by atoms with van der Waals surface area (Å²) in [5.41, 5.74) is 3.95. The van der Waals surface area contributed by atoms with Gasteiger partial charge in [0.15, 0.2) is 0 Å². The Balaban J connectivity index is 2.26. The lowest BCUT2D eigenvalue weighted by atomic mass is 10.1. The molecule has 18 heavy (non-hydrogen) atoms. The quantitative estimate of drug-likeness (QED) is 0.826. The Morgan fingerprint density at radius 3 is 2.83 bits per heavy atom. The molecule has 2 rings (SSSR count). The van der Waals surface area contributed by atoms with Gasteiger partial charge >= 0.3 is 0 Å². The van der Waals surface area contributed by atoms with E-state index < -0.39 is 0 Å². The van der Waals surface area contributed by atoms with Crippen molar-refractivity contribution in [3.63, 3.8) is 0 Å². The minimum absolute atomic E-state index is 0.701. The zero-order valence-electron chi connectivity index (χ0n) is 10.9. The highest BCUT2D eigenvalue weighted by Gasteiger charge is 2.09. The molecule has 0 unspecified atom stereocenters. The van der Waals surface area contributed by atoms with Crippen LogP contribution < -0.4 is 4.90 Å². The van der Waals surface area contributed by atoms with Crippen LogP contribution in [0.1, 0.15) is 16.7 Å². The van der Waals surface area contributed by atoms with Crippen molar-refractivity contribution in [1.29, 1.82) is 5.26 Å². The lowest BCUT2D eigenvalue weighted by molar-refractivity contribution is 0.766. The number of nitriles is 1. The van der Waals surface area contributed by atoms with E-state index in [4.69, 9.17) is 5.26 Å². The highest BCUT2D eigenvalue weighted by atomic mass is 15.2. The second kappa shape index (κ2) is 4.92. The van der Waals surface area contributed by atoms with Gasteiger partial charge < -0.3 is 4.90 Å². The normalized spacial score (nSPS) is 10.1. The van der Waals surface area contributed by atoms with Gasteiger partial charge in [0.05, 0.1) is 17.4 Å². The molecule has 0 radical (unpaired) electrons. The molecule has 0 saturated heterocycles. The van der Waals surface area contributed by atoms with Crippen LogP contribution in [0.5, 0.6) is 0 Å². The van der Waals surface area contributed by atoms with E-state index in [-0.39, 0.29) is 0 Å². The Bertz CT molecular complexity index is 592. The first kappa shape index (κ1) is 12.2. The van der Waals surface area contributed by atoms with Gasteiger partial charge in [-0.25, -0.2) is 0 Å². The van der Waals surface area contributed by atoms with E-state index in [1.165, 1.54) is 0 Å². The molecule has 4 heteroatoms. The molecule has 0 fully saturated rings. The molecule has 0 amide bonds. The molecule has 92 valence electrons. The summed E-state index contributed by atoms with van der Waals surface area (Å²) in [4.78, 5) is 2.07. The van der Waals surface area contributed by atoms with Crippen LogP contribution in [0.2, 0.25) is 0 Å². The number of anilines is 1. The first-order valence-electron chi connectivity index (χ1n) is 5.79. The van der Waals surface area contributed by atoms with Gasteiger partial charge in [-0.3, -0.25) is 4.68 Å². The van der Waals surface area contributed by atoms with Crippen LogP contribution in [0, 0.1) is 18.3 Å². The molecule has 0 bridgehead atoms. The predicted molar refractivity (Wildman–Crippen MR) is 71.2 cm³/mol. The summed E-state index contributed by atoms with van der Waals surface area (Å²) in [6, 6.07) is 8.09. The number of nitrogens with zero attached hydrogens (tertiary/aromatic N) is 4. The van der Waals surface area contributed by atoms with Crippen LogP contribution in [-0.4, -0.2) is 16.8 Å². The van der Waals surface area contributed by atoms with Crippen LogP contribution >= 0.6 is 0 Å². The molecular weight excluding hydrogens is 224 g/mol. The predicted octanol–water partition coefficient (Wildman–Crippen LogP) is 2.24. The number of benzene rings is 1. The van der Waals surface area contributed by atoms with Crippen molar-refractivity contribution >= 4 is 5.69 Å². The number of hydrogen-bond donors (Lipinski definition) is 0. The van der Waals surface area contributed by atoms with E-state index in [9.17, 15) is 0 Å². The van der Waals surface area contributed by atoms with Gasteiger partial charge in [-0.05, 0) is 24.6 Å². The molecule has 0 atom stereocenters. The molecule has 0 aliphatic rings. The maximum Gasteiger partial charge on any atom is 0.101 e. The van der Waals surface area contributed by atoms with Crippen molar-refractivity contribution in [2.45, 2.75) is 13.5 Å². The summed E-state index contributed by atoms with van der Waals surface area (Å²) in [5, 5.41) is 13.3. The minimum atomic E-state index is 0.701. The second-order valence-corrected chi connectivity index (χ2v) is 4.51. The number of aromatic nitrogens is 2. The number of aryl methyl sites for hydroxylation is 2. The molecular formula is C14H16N4. The summed E-state index contributed by atoms with van der Waals surface area (Å²) in [7, 11) is 3.89. The van der Waals surface area contributed by atoms with E-state index in [1.54, 1.807) is 4.68 Å². The lowest BCUT2D eigenvalue weighted by Gasteiger charge is -2.20. The van der Waals surface area contributed by atoms with E-state index >= 15 is 0 Å². The topological polar surface area (TPSA) is 44.9 Å². The molecule has 2 aromatic rings. The van der Waals surface area contributed by atoms with Gasteiger partial charge in [-0.2, -0.15) is 10.4 Å². The molecule has 0 aliphatic carbocycles. The second-order valence-electron chi connectivity index (χ2n) is 4.51. The summed E-state index contributed by atoms with van der Waals surface area (Å²) < 4.78 is 1.78. The van der Waals surface area contributed by atoms with E-state index in [1.807, 2.05) is 51.6 Å². The van der Waals surface area contributed by atoms with Gasteiger partial charge in [0.2, 0.25) is 0 Å². The van der Waals surface area contributed by atoms with Crippen molar-refractivity contribution < 1.29 is 0 Å². The average molecular weight is 240 g/mol. The highest BCUT2D eigenvalue weighted by molar-refractivity contribution is 5.60. The molecule has 0 aliphatic heterocycles. The Morgan fingerprint density at radius 2 is 2.22 bits per heavy atom. The first-order chi connectivity index (χ1) is 8.60. The summed E-state index contributed by atoms with van der Waals surface area (Å²) in [5.74, 6) is 0. The maximum absolute atomic E-state index is 9.14. The fourth-order valence-corrected chi connectivity index (χ4v) is 1.96. The molecule has 0 spiro atoms. The standard InChI is InChI=1S/C14H16N4/c1-11-4-5-13(7-15)14(6-11)17(2)9-12-8-16-18(3)10-12/h4-6,8,10H,9H2,1-3H3. The Labute approximate surface area is 107 Å². The Hall–Kier alpha value is -2.28. The smallest absolute Gasteiger partial charge is 0.101 e. The van der Waals surface area contributed by atoms with Crippen LogP contribution in [-0.2, 0) is 13.6 Å². The molecule has 0 N–H and O–H groups in total. The number of rotatable bonds is 3. The van der Waals surface area contributed by atoms with Crippen LogP contribution in [0.15, 0.2) is 30.6 Å². The largest absolute Gasteiger partial charge is 0.369 e. The summed E-state index contributed by atoms with van der Waals surface area (Å²) in [6.45, 7) is 2.77. The van der Waals surface area contributed by atoms with Crippen LogP contribution in [0.4, 0.5) is 5.69 Å². The maximum atomic E-state index is 9.14. The summed E-state index contributed by atoms with van der Waals surface area (Å²) in [6.07, 6.45) is 3.83. The molecule has 1 aromatic carbocycles. The fourth-order valence-electron chi connectivity index (χ4n) is 1.96. The number of hydrogen-bond acceptors (Lipinski definition) is 3. The SMILES string of the molecule is Cc1ccc(C#N)c(N(C)Cc2cnn(C)c2)c1. The Kier molecular flexibility index (Phi) is 3.33. The zero-order chi connectivity index (χ0) is 13.1. The first-order valence-corrected chi connectivity index (χ1v) is 5.79. The van der Waals surface area contributed by atoms with Gasteiger partial charge in [-0.15, -0.1) is 0 Å². The van der Waals surface area contributed by atoms with Crippen molar-refractivity contribution in [2.75, 3.05) is 11.9 Å². The third kappa shape index (κ3) is 2.51. The van der Waals surface area contributed by atoms with Crippen LogP contribution in [0.25, 0.3) is 0 Å². The van der Waals surface area contributed by atoms with Crippen molar-refractivity contribution in [3.05, 3.63) is 47.3 Å². The average Bonchev–Trinajstić information content (AvgIpc) is 2.74. The van der Waals surface area contributed by atoms with Gasteiger partial charge in [0.1, 0.15) is 6.07 Å². The van der Waals surface area contributed by atoms with Gasteiger partial charge in [0.25, 0.3) is 0 Å². The monoisotopic (exact) mass is 240 g/mol. The van der Waals surface area contributed by atoms with Gasteiger partial charge in [0, 0.05) is 32.4 Å².